The van der Waals surface area contributed by atoms with Gasteiger partial charge in [0.25, 0.3) is 5.91 Å². The van der Waals surface area contributed by atoms with Crippen molar-refractivity contribution >= 4 is 27.5 Å². The molecule has 1 aliphatic rings. The van der Waals surface area contributed by atoms with Crippen molar-refractivity contribution < 1.29 is 26.4 Å². The highest BCUT2D eigenvalue weighted by molar-refractivity contribution is 7.89. The van der Waals surface area contributed by atoms with Crippen LogP contribution in [-0.4, -0.2) is 54.3 Å². The summed E-state index contributed by atoms with van der Waals surface area (Å²) in [6.45, 7) is 2.03. The van der Waals surface area contributed by atoms with E-state index in [4.69, 9.17) is 11.6 Å². The van der Waals surface area contributed by atoms with E-state index >= 15 is 0 Å². The second kappa shape index (κ2) is 7.66. The van der Waals surface area contributed by atoms with Crippen molar-refractivity contribution in [3.63, 3.8) is 0 Å². The number of rotatable bonds is 3. The number of sulfonamides is 1. The monoisotopic (exact) mass is 449 g/mol. The van der Waals surface area contributed by atoms with Gasteiger partial charge in [-0.25, -0.2) is 8.42 Å². The number of piperazine rings is 1. The first kappa shape index (κ1) is 21.7. The molecule has 1 saturated heterocycles. The number of nitrogens with zero attached hydrogens (tertiary/aromatic N) is 3. The van der Waals surface area contributed by atoms with E-state index < -0.39 is 26.7 Å². The van der Waals surface area contributed by atoms with E-state index in [1.165, 1.54) is 4.90 Å². The molecule has 1 aromatic carbocycles. The van der Waals surface area contributed by atoms with Crippen molar-refractivity contribution in [3.05, 3.63) is 52.3 Å². The molecule has 0 N–H and O–H groups in total. The van der Waals surface area contributed by atoms with Crippen LogP contribution in [0.5, 0.6) is 0 Å². The highest BCUT2D eigenvalue weighted by Gasteiger charge is 2.36. The van der Waals surface area contributed by atoms with Gasteiger partial charge in [-0.05, 0) is 37.3 Å². The lowest BCUT2D eigenvalue weighted by Crippen LogP contribution is -2.50. The molecule has 0 atom stereocenters. The van der Waals surface area contributed by atoms with E-state index in [-0.39, 0.29) is 37.1 Å². The minimum Gasteiger partial charge on any atom is -0.344 e. The number of halogens is 4. The zero-order valence-electron chi connectivity index (χ0n) is 15.7. The van der Waals surface area contributed by atoms with Gasteiger partial charge in [-0.3, -0.25) is 4.79 Å². The fourth-order valence-electron chi connectivity index (χ4n) is 3.14. The Morgan fingerprint density at radius 3 is 2.21 bits per heavy atom. The van der Waals surface area contributed by atoms with Gasteiger partial charge in [-0.2, -0.15) is 17.5 Å². The number of carbonyl (C=O) groups is 1. The Kier molecular flexibility index (Phi) is 5.72. The highest BCUT2D eigenvalue weighted by Crippen LogP contribution is 2.34. The van der Waals surface area contributed by atoms with Gasteiger partial charge in [-0.15, -0.1) is 0 Å². The van der Waals surface area contributed by atoms with Crippen LogP contribution in [0.2, 0.25) is 5.02 Å². The summed E-state index contributed by atoms with van der Waals surface area (Å²) in [5.74, 6) is -0.227. The van der Waals surface area contributed by atoms with Gasteiger partial charge in [0.15, 0.2) is 0 Å². The molecule has 6 nitrogen and oxygen atoms in total. The highest BCUT2D eigenvalue weighted by atomic mass is 35.5. The summed E-state index contributed by atoms with van der Waals surface area (Å²) in [6.07, 6.45) is -4.69. The zero-order valence-corrected chi connectivity index (χ0v) is 17.3. The molecule has 1 aliphatic heterocycles. The predicted molar refractivity (Wildman–Crippen MR) is 101 cm³/mol. The fourth-order valence-corrected chi connectivity index (χ4v) is 5.06. The lowest BCUT2D eigenvalue weighted by atomic mass is 10.2. The number of benzene rings is 1. The fraction of sp³-hybridized carbons (Fsp3) is 0.389. The van der Waals surface area contributed by atoms with Crippen LogP contribution < -0.4 is 0 Å². The SMILES string of the molecule is Cc1ccc(C(=O)N2CCN(S(=O)(=O)c3cc(C(F)(F)F)ccc3Cl)CC2)n1C. The topological polar surface area (TPSA) is 62.6 Å². The van der Waals surface area contributed by atoms with Crippen molar-refractivity contribution in [1.29, 1.82) is 0 Å². The molecule has 11 heteroatoms. The van der Waals surface area contributed by atoms with Crippen molar-refractivity contribution in [1.82, 2.24) is 13.8 Å². The third kappa shape index (κ3) is 4.15. The number of amides is 1. The quantitative estimate of drug-likeness (QED) is 0.723. The smallest absolute Gasteiger partial charge is 0.344 e. The van der Waals surface area contributed by atoms with Crippen LogP contribution in [0.15, 0.2) is 35.2 Å². The zero-order chi connectivity index (χ0) is 21.6. The van der Waals surface area contributed by atoms with Crippen molar-refractivity contribution in [3.8, 4) is 0 Å². The molecule has 0 saturated carbocycles. The first-order valence-electron chi connectivity index (χ1n) is 8.71. The van der Waals surface area contributed by atoms with Gasteiger partial charge in [0, 0.05) is 38.9 Å². The largest absolute Gasteiger partial charge is 0.416 e. The van der Waals surface area contributed by atoms with E-state index in [9.17, 15) is 26.4 Å². The summed E-state index contributed by atoms with van der Waals surface area (Å²) in [5.41, 5.74) is 0.307. The van der Waals surface area contributed by atoms with Crippen LogP contribution in [0, 0.1) is 6.92 Å². The standard InChI is InChI=1S/C18H19ClF3N3O3S/c1-12-3-6-15(23(12)2)17(26)24-7-9-25(10-8-24)29(27,28)16-11-13(18(20,21)22)4-5-14(16)19/h3-6,11H,7-10H2,1-2H3. The summed E-state index contributed by atoms with van der Waals surface area (Å²) in [6, 6.07) is 5.71. The molecule has 0 radical (unpaired) electrons. The van der Waals surface area contributed by atoms with Crippen molar-refractivity contribution in [2.75, 3.05) is 26.2 Å². The lowest BCUT2D eigenvalue weighted by Gasteiger charge is -2.34. The number of carbonyl (C=O) groups excluding carboxylic acids is 1. The van der Waals surface area contributed by atoms with Crippen LogP contribution in [0.25, 0.3) is 0 Å². The van der Waals surface area contributed by atoms with Crippen LogP contribution in [0.4, 0.5) is 13.2 Å². The maximum Gasteiger partial charge on any atom is 0.416 e. The molecule has 2 aromatic rings. The van der Waals surface area contributed by atoms with E-state index in [1.807, 2.05) is 13.0 Å². The number of alkyl halides is 3. The van der Waals surface area contributed by atoms with E-state index in [2.05, 4.69) is 0 Å². The maximum atomic E-state index is 13.0. The number of hydrogen-bond donors (Lipinski definition) is 0. The Hall–Kier alpha value is -2.04. The molecule has 3 rings (SSSR count). The van der Waals surface area contributed by atoms with E-state index in [1.54, 1.807) is 17.7 Å². The lowest BCUT2D eigenvalue weighted by molar-refractivity contribution is -0.137. The molecular formula is C18H19ClF3N3O3S. The number of aryl methyl sites for hydroxylation is 1. The van der Waals surface area contributed by atoms with Crippen LogP contribution in [0.1, 0.15) is 21.7 Å². The summed E-state index contributed by atoms with van der Waals surface area (Å²) < 4.78 is 67.4. The average Bonchev–Trinajstić information content (AvgIpc) is 2.99. The number of aromatic nitrogens is 1. The first-order chi connectivity index (χ1) is 13.4. The first-order valence-corrected chi connectivity index (χ1v) is 10.5. The Morgan fingerprint density at radius 2 is 1.69 bits per heavy atom. The molecule has 0 bridgehead atoms. The molecule has 0 unspecified atom stereocenters. The molecular weight excluding hydrogens is 431 g/mol. The predicted octanol–water partition coefficient (Wildman–Crippen LogP) is 3.15. The van der Waals surface area contributed by atoms with Gasteiger partial charge in [0.2, 0.25) is 10.0 Å². The molecule has 2 heterocycles. The second-order valence-electron chi connectivity index (χ2n) is 6.76. The molecule has 29 heavy (non-hydrogen) atoms. The van der Waals surface area contributed by atoms with Gasteiger partial charge >= 0.3 is 6.18 Å². The van der Waals surface area contributed by atoms with E-state index in [0.29, 0.717) is 11.8 Å². The minimum absolute atomic E-state index is 0.0376. The third-order valence-corrected chi connectivity index (χ3v) is 7.37. The van der Waals surface area contributed by atoms with Gasteiger partial charge in [0.1, 0.15) is 10.6 Å². The van der Waals surface area contributed by atoms with Crippen LogP contribution >= 0.6 is 11.6 Å². The Morgan fingerprint density at radius 1 is 1.07 bits per heavy atom. The number of hydrogen-bond acceptors (Lipinski definition) is 3. The molecule has 1 fully saturated rings. The van der Waals surface area contributed by atoms with Gasteiger partial charge in [0.05, 0.1) is 10.6 Å². The second-order valence-corrected chi connectivity index (χ2v) is 9.07. The Bertz CT molecular complexity index is 1040. The Labute approximate surface area is 171 Å². The normalized spacial score (nSPS) is 16.3. The molecule has 158 valence electrons. The summed E-state index contributed by atoms with van der Waals surface area (Å²) in [4.78, 5) is 13.6. The summed E-state index contributed by atoms with van der Waals surface area (Å²) >= 11 is 5.89. The molecule has 1 aromatic heterocycles. The van der Waals surface area contributed by atoms with Crippen molar-refractivity contribution in [2.24, 2.45) is 7.05 Å². The van der Waals surface area contributed by atoms with Gasteiger partial charge in [-0.1, -0.05) is 11.6 Å². The summed E-state index contributed by atoms with van der Waals surface area (Å²) in [7, 11) is -2.47. The van der Waals surface area contributed by atoms with Gasteiger partial charge < -0.3 is 9.47 Å². The third-order valence-electron chi connectivity index (χ3n) is 4.99. The maximum absolute atomic E-state index is 13.0. The molecule has 0 aliphatic carbocycles. The van der Waals surface area contributed by atoms with Crippen LogP contribution in [-0.2, 0) is 23.2 Å². The van der Waals surface area contributed by atoms with E-state index in [0.717, 1.165) is 22.1 Å². The van der Waals surface area contributed by atoms with Crippen molar-refractivity contribution in [2.45, 2.75) is 18.0 Å². The summed E-state index contributed by atoms with van der Waals surface area (Å²) in [5, 5.41) is -0.282. The average molecular weight is 450 g/mol. The Balaban J connectivity index is 1.78. The minimum atomic E-state index is -4.69. The van der Waals surface area contributed by atoms with Crippen LogP contribution in [0.3, 0.4) is 0 Å². The molecule has 1 amide bonds. The molecule has 0 spiro atoms.